The van der Waals surface area contributed by atoms with Gasteiger partial charge in [0.05, 0.1) is 6.42 Å². The third-order valence-corrected chi connectivity index (χ3v) is 3.73. The zero-order valence-electron chi connectivity index (χ0n) is 12.6. The van der Waals surface area contributed by atoms with Crippen molar-refractivity contribution in [3.05, 3.63) is 35.9 Å². The highest BCUT2D eigenvalue weighted by Crippen LogP contribution is 2.32. The van der Waals surface area contributed by atoms with Gasteiger partial charge < -0.3 is 9.57 Å². The molecule has 0 amide bonds. The molecule has 0 aliphatic carbocycles. The highest BCUT2D eigenvalue weighted by molar-refractivity contribution is 5.71. The Morgan fingerprint density at radius 2 is 1.86 bits per heavy atom. The zero-order chi connectivity index (χ0) is 15.7. The number of nitrogens with two attached hydrogens (primary N) is 1. The second-order valence-corrected chi connectivity index (χ2v) is 5.48. The maximum Gasteiger partial charge on any atom is 0.324 e. The Bertz CT molecular complexity index is 461. The lowest BCUT2D eigenvalue weighted by molar-refractivity contribution is -0.150. The van der Waals surface area contributed by atoms with Crippen molar-refractivity contribution in [2.45, 2.75) is 46.1 Å². The van der Waals surface area contributed by atoms with Gasteiger partial charge in [0.1, 0.15) is 6.61 Å². The van der Waals surface area contributed by atoms with Crippen molar-refractivity contribution in [2.24, 2.45) is 11.3 Å². The molecular weight excluding hydrogens is 270 g/mol. The van der Waals surface area contributed by atoms with E-state index in [2.05, 4.69) is 4.84 Å². The van der Waals surface area contributed by atoms with Gasteiger partial charge in [-0.3, -0.25) is 9.59 Å². The summed E-state index contributed by atoms with van der Waals surface area (Å²) in [6, 6.07) is 9.53. The molecule has 0 aliphatic rings. The van der Waals surface area contributed by atoms with Gasteiger partial charge in [0.2, 0.25) is 0 Å². The second kappa shape index (κ2) is 8.42. The van der Waals surface area contributed by atoms with Crippen LogP contribution in [0.5, 0.6) is 0 Å². The Morgan fingerprint density at radius 1 is 1.19 bits per heavy atom. The third kappa shape index (κ3) is 6.40. The number of hydrogen-bond acceptors (Lipinski definition) is 5. The van der Waals surface area contributed by atoms with Crippen molar-refractivity contribution in [1.82, 2.24) is 0 Å². The van der Waals surface area contributed by atoms with Gasteiger partial charge in [-0.15, -0.1) is 0 Å². The van der Waals surface area contributed by atoms with Gasteiger partial charge in [0.15, 0.2) is 0 Å². The molecular formula is C16H23NO4. The van der Waals surface area contributed by atoms with E-state index in [1.807, 2.05) is 44.2 Å². The number of carbonyl (C=O) groups is 2. The lowest BCUT2D eigenvalue weighted by atomic mass is 9.80. The van der Waals surface area contributed by atoms with E-state index in [0.29, 0.717) is 6.42 Å². The zero-order valence-corrected chi connectivity index (χ0v) is 12.6. The first-order valence-electron chi connectivity index (χ1n) is 7.08. The first-order valence-corrected chi connectivity index (χ1v) is 7.08. The first kappa shape index (κ1) is 17.2. The van der Waals surface area contributed by atoms with Crippen LogP contribution in [0.15, 0.2) is 30.3 Å². The molecule has 1 aromatic carbocycles. The van der Waals surface area contributed by atoms with Crippen LogP contribution in [0.4, 0.5) is 0 Å². The van der Waals surface area contributed by atoms with E-state index in [4.69, 9.17) is 10.6 Å². The minimum atomic E-state index is -0.465. The van der Waals surface area contributed by atoms with Crippen LogP contribution in [0.2, 0.25) is 0 Å². The summed E-state index contributed by atoms with van der Waals surface area (Å²) in [5, 5.41) is 0. The fourth-order valence-corrected chi connectivity index (χ4v) is 1.99. The smallest absolute Gasteiger partial charge is 0.324 e. The fraction of sp³-hybridized carbons (Fsp3) is 0.500. The highest BCUT2D eigenvalue weighted by atomic mass is 16.7. The van der Waals surface area contributed by atoms with Crippen molar-refractivity contribution >= 4 is 11.9 Å². The van der Waals surface area contributed by atoms with Gasteiger partial charge in [-0.05, 0) is 17.4 Å². The van der Waals surface area contributed by atoms with Crippen LogP contribution in [0.25, 0.3) is 0 Å². The normalized spacial score (nSPS) is 13.3. The molecule has 0 radical (unpaired) electrons. The van der Waals surface area contributed by atoms with Gasteiger partial charge in [0, 0.05) is 6.42 Å². The summed E-state index contributed by atoms with van der Waals surface area (Å²) < 4.78 is 5.28. The molecule has 1 unspecified atom stereocenters. The van der Waals surface area contributed by atoms with Crippen LogP contribution in [0.1, 0.15) is 45.1 Å². The molecule has 0 aliphatic heterocycles. The maximum absolute atomic E-state index is 11.9. The average Bonchev–Trinajstić information content (AvgIpc) is 2.51. The summed E-state index contributed by atoms with van der Waals surface area (Å²) in [5.74, 6) is 4.09. The predicted octanol–water partition coefficient (Wildman–Crippen LogP) is 2.73. The molecule has 0 saturated heterocycles. The standard InChI is InChI=1S/C16H23NO4/c1-3-16(2,10-9-14(18)21-17)11-15(19)20-12-13-7-5-4-6-8-13/h4-8H,3,9-12,17H2,1-2H3. The van der Waals surface area contributed by atoms with E-state index in [9.17, 15) is 9.59 Å². The Balaban J connectivity index is 2.44. The van der Waals surface area contributed by atoms with E-state index < -0.39 is 5.97 Å². The van der Waals surface area contributed by atoms with E-state index >= 15 is 0 Å². The summed E-state index contributed by atoms with van der Waals surface area (Å²) in [4.78, 5) is 27.2. The van der Waals surface area contributed by atoms with Gasteiger partial charge in [-0.1, -0.05) is 50.6 Å². The number of rotatable bonds is 8. The fourth-order valence-electron chi connectivity index (χ4n) is 1.99. The SMILES string of the molecule is CCC(C)(CCC(=O)ON)CC(=O)OCc1ccccc1. The summed E-state index contributed by atoms with van der Waals surface area (Å²) in [6.07, 6.45) is 1.78. The molecule has 5 nitrogen and oxygen atoms in total. The molecule has 21 heavy (non-hydrogen) atoms. The monoisotopic (exact) mass is 293 g/mol. The summed E-state index contributed by atoms with van der Waals surface area (Å²) >= 11 is 0. The van der Waals surface area contributed by atoms with Crippen molar-refractivity contribution in [3.8, 4) is 0 Å². The maximum atomic E-state index is 11.9. The van der Waals surface area contributed by atoms with E-state index in [0.717, 1.165) is 12.0 Å². The molecule has 0 bridgehead atoms. The molecule has 0 aromatic heterocycles. The molecule has 1 atom stereocenters. The molecule has 116 valence electrons. The lowest BCUT2D eigenvalue weighted by Crippen LogP contribution is -2.23. The number of carbonyl (C=O) groups excluding carboxylic acids is 2. The predicted molar refractivity (Wildman–Crippen MR) is 78.8 cm³/mol. The number of benzene rings is 1. The van der Waals surface area contributed by atoms with Crippen LogP contribution >= 0.6 is 0 Å². The molecule has 1 rings (SSSR count). The second-order valence-electron chi connectivity index (χ2n) is 5.48. The molecule has 5 heteroatoms. The summed E-state index contributed by atoms with van der Waals surface area (Å²) in [6.45, 7) is 4.21. The van der Waals surface area contributed by atoms with E-state index in [1.165, 1.54) is 0 Å². The average molecular weight is 293 g/mol. The Hall–Kier alpha value is -1.88. The Labute approximate surface area is 125 Å². The molecule has 0 saturated carbocycles. The van der Waals surface area contributed by atoms with Crippen LogP contribution in [-0.4, -0.2) is 11.9 Å². The molecule has 2 N–H and O–H groups in total. The van der Waals surface area contributed by atoms with Crippen molar-refractivity contribution in [3.63, 3.8) is 0 Å². The van der Waals surface area contributed by atoms with Crippen LogP contribution < -0.4 is 5.90 Å². The topological polar surface area (TPSA) is 78.6 Å². The van der Waals surface area contributed by atoms with Crippen molar-refractivity contribution in [2.75, 3.05) is 0 Å². The Morgan fingerprint density at radius 3 is 2.43 bits per heavy atom. The molecule has 0 spiro atoms. The van der Waals surface area contributed by atoms with Crippen molar-refractivity contribution in [1.29, 1.82) is 0 Å². The van der Waals surface area contributed by atoms with Gasteiger partial charge in [0.25, 0.3) is 0 Å². The first-order chi connectivity index (χ1) is 9.99. The molecule has 0 fully saturated rings. The van der Waals surface area contributed by atoms with Crippen LogP contribution in [-0.2, 0) is 25.8 Å². The summed E-state index contributed by atoms with van der Waals surface area (Å²) in [7, 11) is 0. The minimum absolute atomic E-state index is 0.201. The molecule has 0 heterocycles. The number of hydrogen-bond donors (Lipinski definition) is 1. The van der Waals surface area contributed by atoms with Crippen molar-refractivity contribution < 1.29 is 19.2 Å². The van der Waals surface area contributed by atoms with E-state index in [-0.39, 0.29) is 30.8 Å². The summed E-state index contributed by atoms with van der Waals surface area (Å²) in [5.41, 5.74) is 0.665. The number of esters is 1. The minimum Gasteiger partial charge on any atom is -0.461 e. The van der Waals surface area contributed by atoms with Crippen LogP contribution in [0.3, 0.4) is 0 Å². The van der Waals surface area contributed by atoms with E-state index in [1.54, 1.807) is 0 Å². The molecule has 1 aromatic rings. The highest BCUT2D eigenvalue weighted by Gasteiger charge is 2.27. The largest absolute Gasteiger partial charge is 0.461 e. The van der Waals surface area contributed by atoms with Crippen LogP contribution in [0, 0.1) is 5.41 Å². The van der Waals surface area contributed by atoms with Gasteiger partial charge in [-0.2, -0.15) is 5.90 Å². The van der Waals surface area contributed by atoms with Gasteiger partial charge in [-0.25, -0.2) is 0 Å². The van der Waals surface area contributed by atoms with Gasteiger partial charge >= 0.3 is 11.9 Å². The lowest BCUT2D eigenvalue weighted by Gasteiger charge is -2.26. The Kier molecular flexibility index (Phi) is 6.88. The number of ether oxygens (including phenoxy) is 1. The third-order valence-electron chi connectivity index (χ3n) is 3.73. The quantitative estimate of drug-likeness (QED) is 0.589.